The molecule has 18 heteroatoms. The van der Waals surface area contributed by atoms with E-state index in [-0.39, 0.29) is 24.1 Å². The van der Waals surface area contributed by atoms with Gasteiger partial charge in [-0.2, -0.15) is 9.97 Å². The number of nitrogen functional groups attached to an aromatic ring is 3. The van der Waals surface area contributed by atoms with Crippen LogP contribution in [-0.2, 0) is 13.1 Å². The summed E-state index contributed by atoms with van der Waals surface area (Å²) < 4.78 is 13.8. The average Bonchev–Trinajstić information content (AvgIpc) is 3.91. The van der Waals surface area contributed by atoms with E-state index >= 15 is 0 Å². The molecule has 0 saturated heterocycles. The van der Waals surface area contributed by atoms with Gasteiger partial charge in [0.1, 0.15) is 11.4 Å². The van der Waals surface area contributed by atoms with Crippen molar-refractivity contribution in [2.45, 2.75) is 13.1 Å². The summed E-state index contributed by atoms with van der Waals surface area (Å²) in [5.41, 5.74) is 22.5. The Bertz CT molecular complexity index is 2380. The van der Waals surface area contributed by atoms with Crippen molar-refractivity contribution in [2.75, 3.05) is 17.2 Å². The van der Waals surface area contributed by atoms with E-state index in [0.29, 0.717) is 63.0 Å². The predicted octanol–water partition coefficient (Wildman–Crippen LogP) is 3.71. The van der Waals surface area contributed by atoms with E-state index in [2.05, 4.69) is 40.6 Å². The average molecular weight is 645 g/mol. The molecule has 0 aliphatic carbocycles. The van der Waals surface area contributed by atoms with Gasteiger partial charge < -0.3 is 26.0 Å². The van der Waals surface area contributed by atoms with Crippen molar-refractivity contribution in [1.29, 1.82) is 0 Å². The fourth-order valence-corrected chi connectivity index (χ4v) is 4.95. The first-order valence-corrected chi connectivity index (χ1v) is 14.2. The first kappa shape index (κ1) is 29.5. The van der Waals surface area contributed by atoms with Crippen molar-refractivity contribution in [2.24, 2.45) is 0 Å². The fourth-order valence-electron chi connectivity index (χ4n) is 4.95. The minimum atomic E-state index is -0.438. The van der Waals surface area contributed by atoms with Crippen LogP contribution in [0.1, 0.15) is 11.1 Å². The summed E-state index contributed by atoms with van der Waals surface area (Å²) >= 11 is 0. The molecule has 0 aliphatic rings. The lowest BCUT2D eigenvalue weighted by molar-refractivity contribution is -0.385. The van der Waals surface area contributed by atoms with Crippen molar-refractivity contribution < 1.29 is 13.8 Å². The summed E-state index contributed by atoms with van der Waals surface area (Å²) in [5, 5.41) is 27.6. The van der Waals surface area contributed by atoms with Crippen LogP contribution < -0.4 is 17.2 Å². The largest absolute Gasteiger partial charge is 0.463 e. The van der Waals surface area contributed by atoms with E-state index < -0.39 is 4.92 Å². The number of anilines is 3. The molecule has 8 rings (SSSR count). The van der Waals surface area contributed by atoms with Crippen molar-refractivity contribution >= 4 is 45.6 Å². The van der Waals surface area contributed by atoms with Crippen LogP contribution in [0.3, 0.4) is 0 Å². The molecule has 8 aromatic rings. The SMILES string of the molecule is Nc1nc(-c2ccco2)c2nnn(Cc3ccccc3N)c2n1.Nc1nc(-c2ccco2)c2nnn(Cc3ccccc3[N+](=O)[O-])c2n1. The summed E-state index contributed by atoms with van der Waals surface area (Å²) in [4.78, 5) is 27.5. The smallest absolute Gasteiger partial charge is 0.274 e. The second-order valence-electron chi connectivity index (χ2n) is 10.2. The number of fused-ring (bicyclic) bond motifs is 2. The molecular formula is C30H24N14O4. The number of aromatic nitrogens is 10. The van der Waals surface area contributed by atoms with Crippen LogP contribution in [-0.4, -0.2) is 54.8 Å². The van der Waals surface area contributed by atoms with Crippen molar-refractivity contribution in [3.05, 3.63) is 107 Å². The summed E-state index contributed by atoms with van der Waals surface area (Å²) in [6.45, 7) is 0.568. The van der Waals surface area contributed by atoms with Gasteiger partial charge in [-0.3, -0.25) is 10.1 Å². The molecule has 0 spiro atoms. The molecule has 0 amide bonds. The second-order valence-corrected chi connectivity index (χ2v) is 10.2. The number of nitro groups is 1. The van der Waals surface area contributed by atoms with Crippen LogP contribution in [0, 0.1) is 10.1 Å². The molecule has 2 aromatic carbocycles. The molecule has 6 N–H and O–H groups in total. The fraction of sp³-hybridized carbons (Fsp3) is 0.0667. The van der Waals surface area contributed by atoms with E-state index in [1.807, 2.05) is 24.3 Å². The van der Waals surface area contributed by atoms with Gasteiger partial charge in [0.05, 0.1) is 36.1 Å². The molecule has 0 atom stereocenters. The summed E-state index contributed by atoms with van der Waals surface area (Å²) in [6.07, 6.45) is 3.08. The zero-order valence-corrected chi connectivity index (χ0v) is 24.8. The van der Waals surface area contributed by atoms with Gasteiger partial charge in [0.15, 0.2) is 33.8 Å². The number of nitrogens with zero attached hydrogens (tertiary/aromatic N) is 11. The van der Waals surface area contributed by atoms with E-state index in [1.54, 1.807) is 53.4 Å². The van der Waals surface area contributed by atoms with Gasteiger partial charge in [0, 0.05) is 11.8 Å². The Morgan fingerprint density at radius 1 is 0.646 bits per heavy atom. The Balaban J connectivity index is 0.000000152. The predicted molar refractivity (Wildman–Crippen MR) is 173 cm³/mol. The summed E-state index contributed by atoms with van der Waals surface area (Å²) in [5.74, 6) is 1.21. The Morgan fingerprint density at radius 2 is 1.15 bits per heavy atom. The molecular weight excluding hydrogens is 620 g/mol. The van der Waals surface area contributed by atoms with Crippen LogP contribution >= 0.6 is 0 Å². The number of para-hydroxylation sites is 2. The minimum Gasteiger partial charge on any atom is -0.463 e. The molecule has 18 nitrogen and oxygen atoms in total. The molecule has 0 radical (unpaired) electrons. The zero-order valence-electron chi connectivity index (χ0n) is 24.8. The van der Waals surface area contributed by atoms with E-state index in [4.69, 9.17) is 26.0 Å². The van der Waals surface area contributed by atoms with Crippen molar-refractivity contribution in [3.8, 4) is 22.9 Å². The van der Waals surface area contributed by atoms with Gasteiger partial charge in [0.25, 0.3) is 5.69 Å². The number of nitro benzene ring substituents is 1. The minimum absolute atomic E-state index is 0.000522. The quantitative estimate of drug-likeness (QED) is 0.127. The third-order valence-electron chi connectivity index (χ3n) is 7.15. The molecule has 0 bridgehead atoms. The van der Waals surface area contributed by atoms with Crippen LogP contribution in [0.25, 0.3) is 45.2 Å². The Kier molecular flexibility index (Phi) is 7.54. The highest BCUT2D eigenvalue weighted by Gasteiger charge is 2.20. The lowest BCUT2D eigenvalue weighted by Crippen LogP contribution is -2.07. The molecule has 0 fully saturated rings. The Labute approximate surface area is 269 Å². The molecule has 0 saturated carbocycles. The van der Waals surface area contributed by atoms with Gasteiger partial charge in [-0.1, -0.05) is 46.8 Å². The highest BCUT2D eigenvalue weighted by Crippen LogP contribution is 2.28. The number of hydrogen-bond donors (Lipinski definition) is 3. The van der Waals surface area contributed by atoms with E-state index in [0.717, 1.165) is 5.56 Å². The molecule has 0 aliphatic heterocycles. The number of nitrogens with two attached hydrogens (primary N) is 3. The highest BCUT2D eigenvalue weighted by molar-refractivity contribution is 5.86. The maximum Gasteiger partial charge on any atom is 0.274 e. The lowest BCUT2D eigenvalue weighted by atomic mass is 10.2. The number of benzene rings is 2. The van der Waals surface area contributed by atoms with E-state index in [1.165, 1.54) is 17.0 Å². The Morgan fingerprint density at radius 3 is 1.65 bits per heavy atom. The zero-order chi connectivity index (χ0) is 33.2. The molecule has 6 aromatic heterocycles. The summed E-state index contributed by atoms with van der Waals surface area (Å²) in [6, 6.07) is 21.0. The molecule has 238 valence electrons. The van der Waals surface area contributed by atoms with Gasteiger partial charge in [0.2, 0.25) is 11.9 Å². The van der Waals surface area contributed by atoms with Gasteiger partial charge in [-0.05, 0) is 35.9 Å². The second kappa shape index (κ2) is 12.3. The third-order valence-corrected chi connectivity index (χ3v) is 7.15. The number of furan rings is 2. The van der Waals surface area contributed by atoms with Crippen molar-refractivity contribution in [1.82, 2.24) is 49.9 Å². The standard InChI is InChI=1S/C15H11N7O3.C15H13N7O/c16-15-17-12(11-6-3-7-25-11)13-14(18-15)21(20-19-13)8-9-4-1-2-5-10(9)22(23)24;16-10-5-2-1-4-9(10)8-22-14-13(20-21-22)12(18-15(17)19-14)11-6-3-7-23-11/h1-7H,8H2,(H2,16,17,18);1-7H,8,16H2,(H2,17,18,19). The van der Waals surface area contributed by atoms with Gasteiger partial charge >= 0.3 is 0 Å². The maximum absolute atomic E-state index is 11.2. The first-order chi connectivity index (χ1) is 23.4. The monoisotopic (exact) mass is 644 g/mol. The first-order valence-electron chi connectivity index (χ1n) is 14.2. The maximum atomic E-state index is 11.2. The summed E-state index contributed by atoms with van der Waals surface area (Å²) in [7, 11) is 0. The Hall–Kier alpha value is -7.24. The molecule has 0 unspecified atom stereocenters. The number of rotatable bonds is 7. The lowest BCUT2D eigenvalue weighted by Gasteiger charge is -2.06. The van der Waals surface area contributed by atoms with Crippen LogP contribution in [0.2, 0.25) is 0 Å². The van der Waals surface area contributed by atoms with E-state index in [9.17, 15) is 10.1 Å². The van der Waals surface area contributed by atoms with Crippen LogP contribution in [0.15, 0.2) is 94.2 Å². The molecule has 6 heterocycles. The van der Waals surface area contributed by atoms with Crippen LogP contribution in [0.4, 0.5) is 23.3 Å². The molecule has 48 heavy (non-hydrogen) atoms. The highest BCUT2D eigenvalue weighted by atomic mass is 16.6. The number of hydrogen-bond acceptors (Lipinski definition) is 15. The van der Waals surface area contributed by atoms with Crippen molar-refractivity contribution in [3.63, 3.8) is 0 Å². The van der Waals surface area contributed by atoms with Gasteiger partial charge in [-0.25, -0.2) is 19.3 Å². The third kappa shape index (κ3) is 5.67. The van der Waals surface area contributed by atoms with Gasteiger partial charge in [-0.15, -0.1) is 10.2 Å². The normalized spacial score (nSPS) is 11.1. The van der Waals surface area contributed by atoms with Crippen LogP contribution in [0.5, 0.6) is 0 Å². The topological polar surface area (TPSA) is 260 Å².